The standard InChI is InChI=1S/C20H32O3Se/c1-6-7-9-14-17(21)18(19(22)23-20(3,4)5)15(2)24-16-12-10-8-11-13-16/h8,10-13,15,17-18,21H,6-7,9,14H2,1-5H3/t15-,17-,18-/m0/s1. The van der Waals surface area contributed by atoms with Crippen LogP contribution in [0.25, 0.3) is 0 Å². The van der Waals surface area contributed by atoms with Crippen LogP contribution in [0.4, 0.5) is 0 Å². The zero-order chi connectivity index (χ0) is 18.2. The van der Waals surface area contributed by atoms with Crippen molar-refractivity contribution in [1.82, 2.24) is 0 Å². The fourth-order valence-electron chi connectivity index (χ4n) is 2.60. The number of carbonyl (C=O) groups is 1. The van der Waals surface area contributed by atoms with Crippen LogP contribution in [-0.4, -0.2) is 37.7 Å². The first-order valence-electron chi connectivity index (χ1n) is 8.87. The van der Waals surface area contributed by atoms with Crippen molar-refractivity contribution in [2.45, 2.75) is 76.8 Å². The minimum atomic E-state index is -0.632. The fourth-order valence-corrected chi connectivity index (χ4v) is 5.08. The van der Waals surface area contributed by atoms with E-state index in [0.29, 0.717) is 6.42 Å². The van der Waals surface area contributed by atoms with Crippen molar-refractivity contribution in [2.75, 3.05) is 0 Å². The summed E-state index contributed by atoms with van der Waals surface area (Å²) in [6.07, 6.45) is 3.16. The van der Waals surface area contributed by atoms with Gasteiger partial charge in [-0.15, -0.1) is 0 Å². The number of benzene rings is 1. The summed E-state index contributed by atoms with van der Waals surface area (Å²) in [5, 5.41) is 10.7. The Morgan fingerprint density at radius 2 is 1.83 bits per heavy atom. The zero-order valence-electron chi connectivity index (χ0n) is 15.6. The van der Waals surface area contributed by atoms with E-state index in [4.69, 9.17) is 4.74 Å². The number of ether oxygens (including phenoxy) is 1. The SMILES string of the molecule is CCCCC[C@H](O)[C@@H](C(=O)OC(C)(C)C)[C@H](C)[Se]c1ccccc1. The van der Waals surface area contributed by atoms with Crippen LogP contribution in [0.5, 0.6) is 0 Å². The van der Waals surface area contributed by atoms with Crippen molar-refractivity contribution < 1.29 is 14.6 Å². The minimum absolute atomic E-state index is 0.0892. The van der Waals surface area contributed by atoms with E-state index in [1.54, 1.807) is 0 Å². The van der Waals surface area contributed by atoms with Gasteiger partial charge in [-0.1, -0.05) is 0 Å². The molecule has 0 spiro atoms. The maximum absolute atomic E-state index is 12.7. The van der Waals surface area contributed by atoms with Gasteiger partial charge in [-0.3, -0.25) is 0 Å². The van der Waals surface area contributed by atoms with Crippen molar-refractivity contribution in [3.63, 3.8) is 0 Å². The molecule has 0 fully saturated rings. The number of hydrogen-bond acceptors (Lipinski definition) is 3. The molecule has 0 heterocycles. The van der Waals surface area contributed by atoms with Crippen LogP contribution < -0.4 is 4.46 Å². The van der Waals surface area contributed by atoms with E-state index in [-0.39, 0.29) is 25.7 Å². The molecule has 0 radical (unpaired) electrons. The molecule has 0 aliphatic carbocycles. The second-order valence-corrected chi connectivity index (χ2v) is 10.3. The molecule has 0 unspecified atom stereocenters. The summed E-state index contributed by atoms with van der Waals surface area (Å²) in [6, 6.07) is 10.2. The van der Waals surface area contributed by atoms with Crippen LogP contribution in [0.3, 0.4) is 0 Å². The predicted octanol–water partition coefficient (Wildman–Crippen LogP) is 3.72. The molecule has 0 bridgehead atoms. The molecule has 1 rings (SSSR count). The number of rotatable bonds is 9. The van der Waals surface area contributed by atoms with Crippen LogP contribution in [0, 0.1) is 5.92 Å². The average Bonchev–Trinajstić information content (AvgIpc) is 2.46. The van der Waals surface area contributed by atoms with Crippen LogP contribution in [-0.2, 0) is 9.53 Å². The van der Waals surface area contributed by atoms with Crippen LogP contribution in [0.2, 0.25) is 4.82 Å². The molecular formula is C20H32O3Se. The molecule has 0 saturated heterocycles. The van der Waals surface area contributed by atoms with Gasteiger partial charge in [0.15, 0.2) is 0 Å². The normalized spacial score (nSPS) is 15.6. The summed E-state index contributed by atoms with van der Waals surface area (Å²) in [6.45, 7) is 9.82. The van der Waals surface area contributed by atoms with Crippen LogP contribution >= 0.6 is 0 Å². The molecular weight excluding hydrogens is 367 g/mol. The molecule has 0 amide bonds. The van der Waals surface area contributed by atoms with Crippen molar-refractivity contribution in [1.29, 1.82) is 0 Å². The van der Waals surface area contributed by atoms with E-state index in [0.717, 1.165) is 19.3 Å². The number of aliphatic hydroxyl groups excluding tert-OH is 1. The Kier molecular flexibility index (Phi) is 9.04. The first kappa shape index (κ1) is 21.2. The first-order valence-corrected chi connectivity index (χ1v) is 10.7. The summed E-state index contributed by atoms with van der Waals surface area (Å²) < 4.78 is 6.84. The predicted molar refractivity (Wildman–Crippen MR) is 101 cm³/mol. The molecule has 1 aromatic carbocycles. The molecule has 0 saturated carbocycles. The van der Waals surface area contributed by atoms with E-state index in [1.165, 1.54) is 4.46 Å². The van der Waals surface area contributed by atoms with Crippen molar-refractivity contribution in [3.8, 4) is 0 Å². The number of unbranched alkanes of at least 4 members (excludes halogenated alkanes) is 2. The second-order valence-electron chi connectivity index (χ2n) is 7.26. The molecule has 0 aliphatic rings. The molecule has 24 heavy (non-hydrogen) atoms. The van der Waals surface area contributed by atoms with Gasteiger partial charge >= 0.3 is 153 Å². The Morgan fingerprint density at radius 3 is 2.38 bits per heavy atom. The summed E-state index contributed by atoms with van der Waals surface area (Å²) in [5.41, 5.74) is -0.530. The molecule has 0 aliphatic heterocycles. The topological polar surface area (TPSA) is 46.5 Å². The Morgan fingerprint density at radius 1 is 1.21 bits per heavy atom. The Hall–Kier alpha value is -0.831. The third kappa shape index (κ3) is 7.83. The van der Waals surface area contributed by atoms with E-state index < -0.39 is 17.6 Å². The molecule has 1 N–H and O–H groups in total. The zero-order valence-corrected chi connectivity index (χ0v) is 17.3. The van der Waals surface area contributed by atoms with Crippen LogP contribution in [0.1, 0.15) is 60.3 Å². The maximum atomic E-state index is 12.7. The van der Waals surface area contributed by atoms with Gasteiger partial charge < -0.3 is 0 Å². The molecule has 1 aromatic rings. The van der Waals surface area contributed by atoms with Gasteiger partial charge in [0.25, 0.3) is 0 Å². The van der Waals surface area contributed by atoms with E-state index in [2.05, 4.69) is 26.0 Å². The van der Waals surface area contributed by atoms with Gasteiger partial charge in [-0.2, -0.15) is 0 Å². The van der Waals surface area contributed by atoms with E-state index in [1.807, 2.05) is 39.0 Å². The van der Waals surface area contributed by atoms with Gasteiger partial charge in [-0.25, -0.2) is 0 Å². The van der Waals surface area contributed by atoms with Gasteiger partial charge in [0.2, 0.25) is 0 Å². The molecule has 4 heteroatoms. The Balaban J connectivity index is 2.83. The molecule has 0 aromatic heterocycles. The summed E-state index contributed by atoms with van der Waals surface area (Å²) in [4.78, 5) is 12.8. The number of esters is 1. The van der Waals surface area contributed by atoms with Gasteiger partial charge in [0, 0.05) is 0 Å². The molecule has 136 valence electrons. The van der Waals surface area contributed by atoms with E-state index >= 15 is 0 Å². The summed E-state index contributed by atoms with van der Waals surface area (Å²) in [7, 11) is 0. The third-order valence-corrected chi connectivity index (χ3v) is 6.31. The fraction of sp³-hybridized carbons (Fsp3) is 0.650. The van der Waals surface area contributed by atoms with Crippen molar-refractivity contribution in [2.24, 2.45) is 5.92 Å². The van der Waals surface area contributed by atoms with Crippen molar-refractivity contribution in [3.05, 3.63) is 30.3 Å². The van der Waals surface area contributed by atoms with Gasteiger partial charge in [0.05, 0.1) is 0 Å². The summed E-state index contributed by atoms with van der Waals surface area (Å²) >= 11 is 0.120. The second kappa shape index (κ2) is 10.2. The Labute approximate surface area is 153 Å². The number of hydrogen-bond donors (Lipinski definition) is 1. The molecule has 3 nitrogen and oxygen atoms in total. The van der Waals surface area contributed by atoms with Gasteiger partial charge in [-0.05, 0) is 0 Å². The average molecular weight is 399 g/mol. The first-order chi connectivity index (χ1) is 11.2. The van der Waals surface area contributed by atoms with Gasteiger partial charge in [0.1, 0.15) is 0 Å². The number of carbonyl (C=O) groups excluding carboxylic acids is 1. The Bertz CT molecular complexity index is 481. The third-order valence-electron chi connectivity index (χ3n) is 3.77. The monoisotopic (exact) mass is 400 g/mol. The van der Waals surface area contributed by atoms with E-state index in [9.17, 15) is 9.90 Å². The number of aliphatic hydroxyl groups is 1. The molecule has 3 atom stereocenters. The summed E-state index contributed by atoms with van der Waals surface area (Å²) in [5.74, 6) is -0.724. The quantitative estimate of drug-likeness (QED) is 0.391. The van der Waals surface area contributed by atoms with Crippen molar-refractivity contribution >= 4 is 25.4 Å². The van der Waals surface area contributed by atoms with Crippen LogP contribution in [0.15, 0.2) is 30.3 Å².